The number of carbonyl (C=O) groups excluding carboxylic acids is 1. The van der Waals surface area contributed by atoms with Crippen molar-refractivity contribution in [3.63, 3.8) is 0 Å². The van der Waals surface area contributed by atoms with E-state index in [1.54, 1.807) is 0 Å². The summed E-state index contributed by atoms with van der Waals surface area (Å²) in [6.07, 6.45) is 0. The summed E-state index contributed by atoms with van der Waals surface area (Å²) in [5.41, 5.74) is 0. The van der Waals surface area contributed by atoms with Crippen molar-refractivity contribution in [1.29, 1.82) is 0 Å². The first-order chi connectivity index (χ1) is 11.5. The van der Waals surface area contributed by atoms with Crippen LogP contribution in [0.3, 0.4) is 0 Å². The molecule has 2 fully saturated rings. The Morgan fingerprint density at radius 3 is 1.29 bits per heavy atom. The molecule has 0 saturated carbocycles. The lowest BCUT2D eigenvalue weighted by Crippen LogP contribution is -2.57. The maximum absolute atomic E-state index is 12.7. The van der Waals surface area contributed by atoms with Gasteiger partial charge in [-0.2, -0.15) is 0 Å². The summed E-state index contributed by atoms with van der Waals surface area (Å²) in [5, 5.41) is 0. The highest BCUT2D eigenvalue weighted by molar-refractivity contribution is 5.74. The van der Waals surface area contributed by atoms with E-state index in [1.807, 2.05) is 9.80 Å². The van der Waals surface area contributed by atoms with Gasteiger partial charge in [0.1, 0.15) is 0 Å². The quantitative estimate of drug-likeness (QED) is 0.649. The molecule has 0 bridgehead atoms. The molecule has 2 amide bonds. The van der Waals surface area contributed by atoms with Crippen LogP contribution in [0, 0.1) is 0 Å². The Morgan fingerprint density at radius 1 is 0.667 bits per heavy atom. The highest BCUT2D eigenvalue weighted by Gasteiger charge is 2.27. The zero-order valence-corrected chi connectivity index (χ0v) is 16.1. The Hall–Kier alpha value is -0.890. The zero-order valence-electron chi connectivity index (χ0n) is 16.1. The smallest absolute Gasteiger partial charge is 0.320 e. The summed E-state index contributed by atoms with van der Waals surface area (Å²) in [6.45, 7) is 11.8. The number of piperazine rings is 2. The lowest BCUT2D eigenvalue weighted by atomic mass is 10.3. The fraction of sp³-hybridized carbons (Fsp3) is 0.941. The molecule has 2 heterocycles. The maximum atomic E-state index is 12.7. The van der Waals surface area contributed by atoms with Crippen molar-refractivity contribution in [2.24, 2.45) is 0 Å². The number of hydrogen-bond donors (Lipinski definition) is 0. The molecule has 0 aliphatic carbocycles. The van der Waals surface area contributed by atoms with Crippen LogP contribution in [0.15, 0.2) is 0 Å². The monoisotopic (exact) mass is 340 g/mol. The zero-order chi connectivity index (χ0) is 17.5. The average molecular weight is 341 g/mol. The first-order valence-electron chi connectivity index (χ1n) is 9.23. The van der Waals surface area contributed by atoms with Crippen LogP contribution in [-0.4, -0.2) is 142 Å². The van der Waals surface area contributed by atoms with Gasteiger partial charge < -0.3 is 19.6 Å². The molecule has 2 saturated heterocycles. The number of likely N-dealkylation sites (N-methyl/N-ethyl adjacent to an activating group) is 2. The fourth-order valence-corrected chi connectivity index (χ4v) is 3.21. The van der Waals surface area contributed by atoms with Crippen LogP contribution in [0.1, 0.15) is 0 Å². The lowest BCUT2D eigenvalue weighted by Gasteiger charge is -2.40. The van der Waals surface area contributed by atoms with Gasteiger partial charge in [0.05, 0.1) is 0 Å². The molecule has 0 aromatic heterocycles. The van der Waals surface area contributed by atoms with Crippen LogP contribution < -0.4 is 0 Å². The Kier molecular flexibility index (Phi) is 7.74. The molecule has 0 aromatic carbocycles. The maximum Gasteiger partial charge on any atom is 0.320 e. The highest BCUT2D eigenvalue weighted by atomic mass is 16.2. The molecular weight excluding hydrogens is 304 g/mol. The third kappa shape index (κ3) is 6.20. The fourth-order valence-electron chi connectivity index (χ4n) is 3.21. The minimum Gasteiger partial charge on any atom is -0.322 e. The van der Waals surface area contributed by atoms with Gasteiger partial charge in [-0.1, -0.05) is 0 Å². The van der Waals surface area contributed by atoms with Crippen LogP contribution >= 0.6 is 0 Å². The van der Waals surface area contributed by atoms with E-state index in [9.17, 15) is 4.79 Å². The van der Waals surface area contributed by atoms with Crippen LogP contribution in [-0.2, 0) is 0 Å². The molecule has 0 unspecified atom stereocenters. The summed E-state index contributed by atoms with van der Waals surface area (Å²) in [6, 6.07) is 0.245. The van der Waals surface area contributed by atoms with Gasteiger partial charge in [-0.3, -0.25) is 9.80 Å². The van der Waals surface area contributed by atoms with Gasteiger partial charge in [-0.05, 0) is 28.2 Å². The predicted molar refractivity (Wildman–Crippen MR) is 98.5 cm³/mol. The Morgan fingerprint density at radius 2 is 1.00 bits per heavy atom. The summed E-state index contributed by atoms with van der Waals surface area (Å²) in [5.74, 6) is 0. The van der Waals surface area contributed by atoms with E-state index in [2.05, 4.69) is 47.8 Å². The molecule has 140 valence electrons. The van der Waals surface area contributed by atoms with Crippen molar-refractivity contribution in [2.75, 3.05) is 107 Å². The lowest BCUT2D eigenvalue weighted by molar-refractivity contribution is 0.0870. The Bertz CT molecular complexity index is 339. The van der Waals surface area contributed by atoms with Crippen molar-refractivity contribution >= 4 is 6.03 Å². The van der Waals surface area contributed by atoms with Crippen molar-refractivity contribution in [2.45, 2.75) is 0 Å². The van der Waals surface area contributed by atoms with Gasteiger partial charge >= 0.3 is 6.03 Å². The van der Waals surface area contributed by atoms with E-state index in [1.165, 1.54) is 0 Å². The second-order valence-electron chi connectivity index (χ2n) is 7.55. The molecule has 0 N–H and O–H groups in total. The Balaban J connectivity index is 1.67. The summed E-state index contributed by atoms with van der Waals surface area (Å²) >= 11 is 0. The van der Waals surface area contributed by atoms with Crippen molar-refractivity contribution in [3.05, 3.63) is 0 Å². The van der Waals surface area contributed by atoms with E-state index < -0.39 is 0 Å². The van der Waals surface area contributed by atoms with Gasteiger partial charge in [0.2, 0.25) is 0 Å². The van der Waals surface area contributed by atoms with Crippen LogP contribution in [0.5, 0.6) is 0 Å². The minimum absolute atomic E-state index is 0.245. The molecule has 7 heteroatoms. The number of hydrogen-bond acceptors (Lipinski definition) is 5. The van der Waals surface area contributed by atoms with Crippen LogP contribution in [0.25, 0.3) is 0 Å². The summed E-state index contributed by atoms with van der Waals surface area (Å²) in [4.78, 5) is 26.1. The van der Waals surface area contributed by atoms with E-state index in [4.69, 9.17) is 0 Å². The predicted octanol–water partition coefficient (Wildman–Crippen LogP) is -0.535. The van der Waals surface area contributed by atoms with Crippen molar-refractivity contribution < 1.29 is 4.79 Å². The highest BCUT2D eigenvalue weighted by Crippen LogP contribution is 2.09. The Labute approximate surface area is 147 Å². The van der Waals surface area contributed by atoms with Crippen LogP contribution in [0.4, 0.5) is 4.79 Å². The van der Waals surface area contributed by atoms with Crippen LogP contribution in [0.2, 0.25) is 0 Å². The first-order valence-corrected chi connectivity index (χ1v) is 9.23. The van der Waals surface area contributed by atoms with E-state index in [0.717, 1.165) is 78.5 Å². The molecule has 7 nitrogen and oxygen atoms in total. The normalized spacial score (nSPS) is 21.1. The SMILES string of the molecule is CN(C)CCN1CCN(C(=O)N2CCN(CCN(C)C)CC2)CC1. The van der Waals surface area contributed by atoms with E-state index in [0.29, 0.717) is 0 Å². The second kappa shape index (κ2) is 9.56. The van der Waals surface area contributed by atoms with E-state index in [-0.39, 0.29) is 6.03 Å². The first kappa shape index (κ1) is 19.4. The van der Waals surface area contributed by atoms with Crippen molar-refractivity contribution in [1.82, 2.24) is 29.4 Å². The molecule has 24 heavy (non-hydrogen) atoms. The standard InChI is InChI=1S/C17H36N6O/c1-18(2)5-7-20-9-13-22(14-10-20)17(24)23-15-11-21(12-16-23)8-6-19(3)4/h5-16H2,1-4H3. The third-order valence-corrected chi connectivity index (χ3v) is 5.01. The number of urea groups is 1. The number of rotatable bonds is 6. The van der Waals surface area contributed by atoms with Gasteiger partial charge in [-0.15, -0.1) is 0 Å². The molecule has 2 aliphatic rings. The summed E-state index contributed by atoms with van der Waals surface area (Å²) < 4.78 is 0. The minimum atomic E-state index is 0.245. The van der Waals surface area contributed by atoms with Crippen molar-refractivity contribution in [3.8, 4) is 0 Å². The van der Waals surface area contributed by atoms with Gasteiger partial charge in [0.15, 0.2) is 0 Å². The average Bonchev–Trinajstić information content (AvgIpc) is 2.58. The van der Waals surface area contributed by atoms with E-state index >= 15 is 0 Å². The molecule has 0 spiro atoms. The molecule has 0 aromatic rings. The second-order valence-corrected chi connectivity index (χ2v) is 7.55. The van der Waals surface area contributed by atoms with Gasteiger partial charge in [-0.25, -0.2) is 4.79 Å². The topological polar surface area (TPSA) is 36.5 Å². The third-order valence-electron chi connectivity index (χ3n) is 5.01. The number of carbonyl (C=O) groups is 1. The molecule has 0 radical (unpaired) electrons. The molecular formula is C17H36N6O. The number of amides is 2. The van der Waals surface area contributed by atoms with Gasteiger partial charge in [0.25, 0.3) is 0 Å². The molecule has 2 rings (SSSR count). The molecule has 0 atom stereocenters. The number of nitrogens with zero attached hydrogens (tertiary/aromatic N) is 6. The largest absolute Gasteiger partial charge is 0.322 e. The summed E-state index contributed by atoms with van der Waals surface area (Å²) in [7, 11) is 8.44. The molecule has 2 aliphatic heterocycles. The van der Waals surface area contributed by atoms with Gasteiger partial charge in [0, 0.05) is 78.5 Å².